The van der Waals surface area contributed by atoms with Gasteiger partial charge in [-0.15, -0.1) is 0 Å². The van der Waals surface area contributed by atoms with Gasteiger partial charge in [0.2, 0.25) is 0 Å². The van der Waals surface area contributed by atoms with E-state index in [-0.39, 0.29) is 11.5 Å². The van der Waals surface area contributed by atoms with Crippen molar-refractivity contribution in [3.63, 3.8) is 0 Å². The predicted molar refractivity (Wildman–Crippen MR) is 82.3 cm³/mol. The zero-order valence-electron chi connectivity index (χ0n) is 11.3. The third-order valence-corrected chi connectivity index (χ3v) is 5.78. The van der Waals surface area contributed by atoms with Crippen LogP contribution in [0.25, 0.3) is 0 Å². The van der Waals surface area contributed by atoms with E-state index in [1.807, 2.05) is 30.3 Å². The molecule has 3 rings (SSSR count). The minimum atomic E-state index is -2.70. The second kappa shape index (κ2) is 5.18. The van der Waals surface area contributed by atoms with Crippen LogP contribution in [0.4, 0.5) is 0 Å². The summed E-state index contributed by atoms with van der Waals surface area (Å²) in [6.45, 7) is 0. The summed E-state index contributed by atoms with van der Waals surface area (Å²) in [5.41, 5.74) is 2.18. The highest BCUT2D eigenvalue weighted by Gasteiger charge is 2.31. The average Bonchev–Trinajstić information content (AvgIpc) is 2.48. The van der Waals surface area contributed by atoms with Crippen LogP contribution in [0.2, 0.25) is 0 Å². The Labute approximate surface area is 124 Å². The Morgan fingerprint density at radius 2 is 1.71 bits per heavy atom. The fourth-order valence-corrected chi connectivity index (χ4v) is 4.49. The molecule has 0 fully saturated rings. The van der Waals surface area contributed by atoms with Gasteiger partial charge < -0.3 is 5.11 Å². The van der Waals surface area contributed by atoms with Crippen LogP contribution in [-0.4, -0.2) is 25.9 Å². The van der Waals surface area contributed by atoms with Crippen LogP contribution in [0.15, 0.2) is 53.4 Å². The molecule has 0 aliphatic carbocycles. The molecule has 0 saturated carbocycles. The molecule has 2 aromatic rings. The van der Waals surface area contributed by atoms with Crippen molar-refractivity contribution in [1.29, 1.82) is 0 Å². The number of hydrogen-bond acceptors (Lipinski definition) is 3. The Balaban J connectivity index is 2.02. The van der Waals surface area contributed by atoms with E-state index >= 15 is 0 Å². The first-order valence-electron chi connectivity index (χ1n) is 6.67. The molecule has 2 aromatic carbocycles. The van der Waals surface area contributed by atoms with Gasteiger partial charge in [-0.2, -0.15) is 10.6 Å². The highest BCUT2D eigenvalue weighted by atomic mass is 32.3. The quantitative estimate of drug-likeness (QED) is 0.782. The third kappa shape index (κ3) is 2.55. The first-order valence-corrected chi connectivity index (χ1v) is 8.39. The van der Waals surface area contributed by atoms with Crippen molar-refractivity contribution in [2.75, 3.05) is 5.75 Å². The van der Waals surface area contributed by atoms with Crippen LogP contribution in [0.3, 0.4) is 0 Å². The predicted octanol–water partition coefficient (Wildman–Crippen LogP) is 4.03. The standard InChI is InChI=1S/C16H16O4S/c17-16(18)12-7-5-11(6-8-12)13-9-10-21(19,20)15-4-2-1-3-14(13)15/h1-8,13,19-20H,9-10H2,(H,17,18). The highest BCUT2D eigenvalue weighted by Crippen LogP contribution is 2.57. The van der Waals surface area contributed by atoms with Gasteiger partial charge in [0.1, 0.15) is 0 Å². The fourth-order valence-electron chi connectivity index (χ4n) is 2.82. The number of hydrogen-bond donors (Lipinski definition) is 3. The summed E-state index contributed by atoms with van der Waals surface area (Å²) in [4.78, 5) is 11.5. The van der Waals surface area contributed by atoms with Gasteiger partial charge in [0.15, 0.2) is 0 Å². The molecule has 110 valence electrons. The molecule has 0 aromatic heterocycles. The van der Waals surface area contributed by atoms with Crippen LogP contribution < -0.4 is 0 Å². The summed E-state index contributed by atoms with van der Waals surface area (Å²) < 4.78 is 20.3. The summed E-state index contributed by atoms with van der Waals surface area (Å²) >= 11 is 0. The molecule has 1 heterocycles. The van der Waals surface area contributed by atoms with E-state index in [0.29, 0.717) is 17.1 Å². The number of carboxylic acids is 1. The summed E-state index contributed by atoms with van der Waals surface area (Å²) in [6, 6.07) is 14.2. The Morgan fingerprint density at radius 1 is 1.05 bits per heavy atom. The van der Waals surface area contributed by atoms with E-state index in [0.717, 1.165) is 11.1 Å². The first kappa shape index (κ1) is 14.1. The van der Waals surface area contributed by atoms with Crippen molar-refractivity contribution in [3.8, 4) is 0 Å². The van der Waals surface area contributed by atoms with Crippen LogP contribution in [-0.2, 0) is 0 Å². The Kier molecular flexibility index (Phi) is 3.49. The molecule has 0 saturated heterocycles. The van der Waals surface area contributed by atoms with Gasteiger partial charge in [0.25, 0.3) is 0 Å². The molecular formula is C16H16O4S. The summed E-state index contributed by atoms with van der Waals surface area (Å²) in [7, 11) is -2.70. The molecule has 3 N–H and O–H groups in total. The van der Waals surface area contributed by atoms with Gasteiger partial charge in [0.05, 0.1) is 10.5 Å². The summed E-state index contributed by atoms with van der Waals surface area (Å²) in [5.74, 6) is -0.529. The molecule has 0 spiro atoms. The number of fused-ring (bicyclic) bond motifs is 1. The van der Waals surface area contributed by atoms with Crippen LogP contribution >= 0.6 is 10.6 Å². The maximum absolute atomic E-state index is 10.9. The first-order chi connectivity index (χ1) is 9.99. The van der Waals surface area contributed by atoms with E-state index in [4.69, 9.17) is 5.11 Å². The Bertz CT molecular complexity index is 679. The second-order valence-electron chi connectivity index (χ2n) is 5.18. The second-order valence-corrected chi connectivity index (χ2v) is 7.36. The van der Waals surface area contributed by atoms with Crippen molar-refractivity contribution in [2.24, 2.45) is 0 Å². The lowest BCUT2D eigenvalue weighted by Crippen LogP contribution is -2.18. The van der Waals surface area contributed by atoms with E-state index in [1.165, 1.54) is 0 Å². The molecule has 0 amide bonds. The van der Waals surface area contributed by atoms with Crippen LogP contribution in [0.1, 0.15) is 33.8 Å². The number of carbonyl (C=O) groups is 1. The Morgan fingerprint density at radius 3 is 2.38 bits per heavy atom. The normalized spacial score (nSPS) is 21.3. The SMILES string of the molecule is O=C(O)c1ccc(C2CCS(O)(O)c3ccccc32)cc1. The Hall–Kier alpha value is -1.82. The van der Waals surface area contributed by atoms with Gasteiger partial charge >= 0.3 is 5.97 Å². The molecule has 21 heavy (non-hydrogen) atoms. The van der Waals surface area contributed by atoms with Gasteiger partial charge in [-0.3, -0.25) is 9.11 Å². The lowest BCUT2D eigenvalue weighted by molar-refractivity contribution is 0.0697. The number of aromatic carboxylic acids is 1. The smallest absolute Gasteiger partial charge is 0.335 e. The van der Waals surface area contributed by atoms with E-state index in [9.17, 15) is 13.9 Å². The molecular weight excluding hydrogens is 288 g/mol. The fraction of sp³-hybridized carbons (Fsp3) is 0.188. The van der Waals surface area contributed by atoms with Crippen molar-refractivity contribution in [3.05, 3.63) is 65.2 Å². The molecule has 1 aliphatic rings. The molecule has 0 radical (unpaired) electrons. The lowest BCUT2D eigenvalue weighted by Gasteiger charge is -2.41. The van der Waals surface area contributed by atoms with E-state index < -0.39 is 16.6 Å². The van der Waals surface area contributed by atoms with E-state index in [2.05, 4.69) is 0 Å². The largest absolute Gasteiger partial charge is 0.478 e. The van der Waals surface area contributed by atoms with Crippen molar-refractivity contribution < 1.29 is 19.0 Å². The zero-order valence-corrected chi connectivity index (χ0v) is 12.1. The zero-order chi connectivity index (χ0) is 15.0. The number of rotatable bonds is 2. The third-order valence-electron chi connectivity index (χ3n) is 3.90. The molecule has 4 nitrogen and oxygen atoms in total. The van der Waals surface area contributed by atoms with Crippen LogP contribution in [0, 0.1) is 0 Å². The molecule has 0 bridgehead atoms. The van der Waals surface area contributed by atoms with Gasteiger partial charge in [-0.05, 0) is 35.7 Å². The van der Waals surface area contributed by atoms with Gasteiger partial charge in [-0.25, -0.2) is 4.79 Å². The molecule has 1 unspecified atom stereocenters. The van der Waals surface area contributed by atoms with Gasteiger partial charge in [-0.1, -0.05) is 30.3 Å². The maximum Gasteiger partial charge on any atom is 0.335 e. The lowest BCUT2D eigenvalue weighted by atomic mass is 9.88. The molecule has 1 atom stereocenters. The molecule has 1 aliphatic heterocycles. The maximum atomic E-state index is 10.9. The summed E-state index contributed by atoms with van der Waals surface area (Å²) in [5, 5.41) is 8.95. The summed E-state index contributed by atoms with van der Waals surface area (Å²) in [6.07, 6.45) is 0.645. The topological polar surface area (TPSA) is 77.8 Å². The highest BCUT2D eigenvalue weighted by molar-refractivity contribution is 8.24. The number of carboxylic acid groups (broad SMARTS) is 1. The molecule has 5 heteroatoms. The average molecular weight is 304 g/mol. The monoisotopic (exact) mass is 304 g/mol. The van der Waals surface area contributed by atoms with Crippen molar-refractivity contribution >= 4 is 16.6 Å². The van der Waals surface area contributed by atoms with Crippen LogP contribution in [0.5, 0.6) is 0 Å². The minimum absolute atomic E-state index is 0.0731. The van der Waals surface area contributed by atoms with Crippen molar-refractivity contribution in [2.45, 2.75) is 17.2 Å². The number of benzene rings is 2. The van der Waals surface area contributed by atoms with Crippen molar-refractivity contribution in [1.82, 2.24) is 0 Å². The van der Waals surface area contributed by atoms with Gasteiger partial charge in [0, 0.05) is 11.7 Å². The van der Waals surface area contributed by atoms with E-state index in [1.54, 1.807) is 18.2 Å². The minimum Gasteiger partial charge on any atom is -0.478 e.